The van der Waals surface area contributed by atoms with E-state index < -0.39 is 5.67 Å². The number of alkyl halides is 1. The van der Waals surface area contributed by atoms with Gasteiger partial charge in [0.25, 0.3) is 0 Å². The molecule has 0 saturated carbocycles. The second-order valence-electron chi connectivity index (χ2n) is 8.61. The van der Waals surface area contributed by atoms with E-state index in [-0.39, 0.29) is 11.8 Å². The largest absolute Gasteiger partial charge is 0.331 e. The van der Waals surface area contributed by atoms with Gasteiger partial charge in [-0.25, -0.2) is 14.4 Å². The SMILES string of the molecule is C=N/C(=C\c1cc(-c2cnc(C)n2C)ccc1C)NC(=O)C1CN(CC(C)(C)F)C1. The quantitative estimate of drug-likeness (QED) is 0.710. The Hall–Kier alpha value is -2.80. The van der Waals surface area contributed by atoms with Gasteiger partial charge in [-0.2, -0.15) is 0 Å². The fourth-order valence-corrected chi connectivity index (χ4v) is 3.62. The van der Waals surface area contributed by atoms with E-state index in [9.17, 15) is 9.18 Å². The van der Waals surface area contributed by atoms with E-state index in [2.05, 4.69) is 34.1 Å². The molecule has 1 aliphatic rings. The molecule has 1 aromatic heterocycles. The number of nitrogens with zero attached hydrogens (tertiary/aromatic N) is 4. The van der Waals surface area contributed by atoms with Crippen molar-refractivity contribution in [2.24, 2.45) is 18.0 Å². The maximum atomic E-state index is 13.7. The molecule has 1 saturated heterocycles. The molecule has 0 aliphatic carbocycles. The number of halogens is 1. The Bertz CT molecular complexity index is 980. The van der Waals surface area contributed by atoms with Crippen molar-refractivity contribution in [3.63, 3.8) is 0 Å². The molecule has 3 rings (SSSR count). The van der Waals surface area contributed by atoms with Crippen LogP contribution < -0.4 is 5.32 Å². The minimum absolute atomic E-state index is 0.113. The summed E-state index contributed by atoms with van der Waals surface area (Å²) in [7, 11) is 1.98. The molecular formula is C23H30FN5O. The highest BCUT2D eigenvalue weighted by atomic mass is 19.1. The number of imidazole rings is 1. The standard InChI is InChI=1S/C23H30FN5O/c1-15-7-8-17(20-11-26-16(2)28(20)6)9-18(15)10-21(25-5)27-22(30)19-12-29(13-19)14-23(3,4)24/h7-11,19H,5,12-14H2,1-4,6H3,(H,27,30)/b21-10+. The highest BCUT2D eigenvalue weighted by Crippen LogP contribution is 2.25. The number of benzene rings is 1. The molecule has 0 bridgehead atoms. The van der Waals surface area contributed by atoms with Gasteiger partial charge >= 0.3 is 0 Å². The van der Waals surface area contributed by atoms with E-state index in [1.165, 1.54) is 0 Å². The molecule has 1 N–H and O–H groups in total. The third-order valence-corrected chi connectivity index (χ3v) is 5.44. The minimum atomic E-state index is -1.26. The average molecular weight is 412 g/mol. The molecule has 0 unspecified atom stereocenters. The van der Waals surface area contributed by atoms with Crippen LogP contribution in [0.15, 0.2) is 35.2 Å². The predicted molar refractivity (Wildman–Crippen MR) is 119 cm³/mol. The highest BCUT2D eigenvalue weighted by Gasteiger charge is 2.35. The first-order chi connectivity index (χ1) is 14.1. The summed E-state index contributed by atoms with van der Waals surface area (Å²) < 4.78 is 15.8. The molecular weight excluding hydrogens is 381 g/mol. The van der Waals surface area contributed by atoms with E-state index in [1.54, 1.807) is 13.8 Å². The number of nitrogens with one attached hydrogen (secondary N) is 1. The molecule has 0 radical (unpaired) electrons. The first-order valence-corrected chi connectivity index (χ1v) is 10.1. The van der Waals surface area contributed by atoms with Crippen molar-refractivity contribution in [3.05, 3.63) is 47.2 Å². The fraction of sp³-hybridized carbons (Fsp3) is 0.435. The molecule has 2 heterocycles. The van der Waals surface area contributed by atoms with Gasteiger partial charge in [-0.15, -0.1) is 0 Å². The summed E-state index contributed by atoms with van der Waals surface area (Å²) in [4.78, 5) is 22.8. The van der Waals surface area contributed by atoms with E-state index >= 15 is 0 Å². The number of hydrogen-bond donors (Lipinski definition) is 1. The van der Waals surface area contributed by atoms with Crippen LogP contribution in [0.5, 0.6) is 0 Å². The van der Waals surface area contributed by atoms with E-state index in [1.807, 2.05) is 48.7 Å². The van der Waals surface area contributed by atoms with Gasteiger partial charge in [-0.1, -0.05) is 12.1 Å². The molecule has 6 nitrogen and oxygen atoms in total. The summed E-state index contributed by atoms with van der Waals surface area (Å²) in [5, 5.41) is 2.86. The average Bonchev–Trinajstić information content (AvgIpc) is 2.97. The Morgan fingerprint density at radius 3 is 2.67 bits per heavy atom. The predicted octanol–water partition coefficient (Wildman–Crippen LogP) is 3.50. The number of aryl methyl sites for hydroxylation is 2. The van der Waals surface area contributed by atoms with Crippen LogP contribution in [0.25, 0.3) is 17.3 Å². The van der Waals surface area contributed by atoms with Gasteiger partial charge in [-0.3, -0.25) is 9.69 Å². The van der Waals surface area contributed by atoms with Crippen LogP contribution in [0.4, 0.5) is 4.39 Å². The third-order valence-electron chi connectivity index (χ3n) is 5.44. The van der Waals surface area contributed by atoms with Gasteiger partial charge in [0.15, 0.2) is 0 Å². The lowest BCUT2D eigenvalue weighted by molar-refractivity contribution is -0.130. The maximum absolute atomic E-state index is 13.7. The minimum Gasteiger partial charge on any atom is -0.331 e. The summed E-state index contributed by atoms with van der Waals surface area (Å²) in [6.07, 6.45) is 3.68. The Balaban J connectivity index is 1.72. The van der Waals surface area contributed by atoms with Crippen LogP contribution >= 0.6 is 0 Å². The Labute approximate surface area is 177 Å². The van der Waals surface area contributed by atoms with Crippen molar-refractivity contribution in [3.8, 4) is 11.3 Å². The summed E-state index contributed by atoms with van der Waals surface area (Å²) in [6, 6.07) is 6.14. The Kier molecular flexibility index (Phi) is 6.22. The van der Waals surface area contributed by atoms with Crippen LogP contribution in [0.2, 0.25) is 0 Å². The van der Waals surface area contributed by atoms with Crippen LogP contribution in [0, 0.1) is 19.8 Å². The van der Waals surface area contributed by atoms with Crippen molar-refractivity contribution in [1.82, 2.24) is 19.8 Å². The van der Waals surface area contributed by atoms with Crippen molar-refractivity contribution in [2.75, 3.05) is 19.6 Å². The zero-order valence-electron chi connectivity index (χ0n) is 18.4. The summed E-state index contributed by atoms with van der Waals surface area (Å²) >= 11 is 0. The maximum Gasteiger partial charge on any atom is 0.231 e. The van der Waals surface area contributed by atoms with Gasteiger partial charge in [0, 0.05) is 32.2 Å². The number of rotatable bonds is 7. The Morgan fingerprint density at radius 2 is 2.10 bits per heavy atom. The molecule has 0 spiro atoms. The number of hydrogen-bond acceptors (Lipinski definition) is 4. The molecule has 1 amide bonds. The molecule has 30 heavy (non-hydrogen) atoms. The molecule has 2 aromatic rings. The molecule has 0 atom stereocenters. The summed E-state index contributed by atoms with van der Waals surface area (Å²) in [5.74, 6) is 1.07. The number of carbonyl (C=O) groups excluding carboxylic acids is 1. The molecule has 1 aliphatic heterocycles. The number of likely N-dealkylation sites (tertiary alicyclic amines) is 1. The lowest BCUT2D eigenvalue weighted by Crippen LogP contribution is -2.56. The van der Waals surface area contributed by atoms with E-state index in [4.69, 9.17) is 0 Å². The number of aromatic nitrogens is 2. The normalized spacial score (nSPS) is 15.7. The monoisotopic (exact) mass is 411 g/mol. The number of carbonyl (C=O) groups is 1. The van der Waals surface area contributed by atoms with Gasteiger partial charge < -0.3 is 9.88 Å². The van der Waals surface area contributed by atoms with Crippen LogP contribution in [0.3, 0.4) is 0 Å². The lowest BCUT2D eigenvalue weighted by atomic mass is 9.97. The summed E-state index contributed by atoms with van der Waals surface area (Å²) in [5.41, 5.74) is 2.80. The Morgan fingerprint density at radius 1 is 1.40 bits per heavy atom. The van der Waals surface area contributed by atoms with Crippen molar-refractivity contribution >= 4 is 18.7 Å². The molecule has 1 fully saturated rings. The van der Waals surface area contributed by atoms with Crippen LogP contribution in [-0.2, 0) is 11.8 Å². The van der Waals surface area contributed by atoms with Gasteiger partial charge in [0.2, 0.25) is 5.91 Å². The second kappa shape index (κ2) is 8.52. The fourth-order valence-electron chi connectivity index (χ4n) is 3.62. The molecule has 160 valence electrons. The van der Waals surface area contributed by atoms with Crippen LogP contribution in [0.1, 0.15) is 30.8 Å². The zero-order chi connectivity index (χ0) is 22.1. The van der Waals surface area contributed by atoms with Crippen molar-refractivity contribution < 1.29 is 9.18 Å². The van der Waals surface area contributed by atoms with E-state index in [0.717, 1.165) is 28.2 Å². The molecule has 7 heteroatoms. The molecule has 1 aromatic carbocycles. The van der Waals surface area contributed by atoms with Crippen LogP contribution in [-0.4, -0.2) is 52.4 Å². The first-order valence-electron chi connectivity index (χ1n) is 10.1. The highest BCUT2D eigenvalue weighted by molar-refractivity contribution is 5.83. The lowest BCUT2D eigenvalue weighted by Gasteiger charge is -2.40. The number of aliphatic imine (C=N–C) groups is 1. The topological polar surface area (TPSA) is 62.5 Å². The van der Waals surface area contributed by atoms with Gasteiger partial charge in [0.1, 0.15) is 17.3 Å². The smallest absolute Gasteiger partial charge is 0.231 e. The zero-order valence-corrected chi connectivity index (χ0v) is 18.4. The third kappa shape index (κ3) is 5.02. The van der Waals surface area contributed by atoms with Crippen molar-refractivity contribution in [2.45, 2.75) is 33.4 Å². The number of amides is 1. The van der Waals surface area contributed by atoms with Gasteiger partial charge in [-0.05, 0) is 57.7 Å². The van der Waals surface area contributed by atoms with Crippen molar-refractivity contribution in [1.29, 1.82) is 0 Å². The first kappa shape index (κ1) is 21.9. The van der Waals surface area contributed by atoms with E-state index in [0.29, 0.717) is 25.5 Å². The second-order valence-corrected chi connectivity index (χ2v) is 8.61. The summed E-state index contributed by atoms with van der Waals surface area (Å²) in [6.45, 7) is 12.1. The van der Waals surface area contributed by atoms with Gasteiger partial charge in [0.05, 0.1) is 17.8 Å².